The standard InChI is InChI=1S/C5H6BrNO/c1-2-5-7-4(6)3-8-5/h3H,2H2,1H3. The molecule has 0 aliphatic heterocycles. The van der Waals surface area contributed by atoms with Crippen LogP contribution in [0, 0.1) is 0 Å². The van der Waals surface area contributed by atoms with Crippen LogP contribution in [0.25, 0.3) is 0 Å². The van der Waals surface area contributed by atoms with Gasteiger partial charge in [0.25, 0.3) is 0 Å². The highest BCUT2D eigenvalue weighted by atomic mass is 79.9. The van der Waals surface area contributed by atoms with Crippen LogP contribution in [0.1, 0.15) is 12.8 Å². The third-order valence-corrected chi connectivity index (χ3v) is 1.19. The smallest absolute Gasteiger partial charge is 0.194 e. The van der Waals surface area contributed by atoms with Crippen molar-refractivity contribution < 1.29 is 4.42 Å². The van der Waals surface area contributed by atoms with E-state index in [1.807, 2.05) is 6.92 Å². The molecule has 3 heteroatoms. The van der Waals surface area contributed by atoms with E-state index >= 15 is 0 Å². The van der Waals surface area contributed by atoms with Crippen LogP contribution in [0.2, 0.25) is 0 Å². The Morgan fingerprint density at radius 2 is 2.62 bits per heavy atom. The van der Waals surface area contributed by atoms with Crippen molar-refractivity contribution in [1.29, 1.82) is 0 Å². The Bertz CT molecular complexity index is 173. The lowest BCUT2D eigenvalue weighted by Gasteiger charge is -1.77. The topological polar surface area (TPSA) is 26.0 Å². The molecule has 1 aromatic rings. The molecule has 1 heterocycles. The van der Waals surface area contributed by atoms with Gasteiger partial charge in [-0.3, -0.25) is 0 Å². The summed E-state index contributed by atoms with van der Waals surface area (Å²) in [5.74, 6) is 0.775. The molecule has 8 heavy (non-hydrogen) atoms. The van der Waals surface area contributed by atoms with Crippen molar-refractivity contribution in [3.63, 3.8) is 0 Å². The lowest BCUT2D eigenvalue weighted by Crippen LogP contribution is -1.74. The van der Waals surface area contributed by atoms with E-state index in [1.165, 1.54) is 0 Å². The second-order valence-corrected chi connectivity index (χ2v) is 2.23. The molecular weight excluding hydrogens is 170 g/mol. The van der Waals surface area contributed by atoms with Crippen molar-refractivity contribution in [3.8, 4) is 0 Å². The summed E-state index contributed by atoms with van der Waals surface area (Å²) in [6.45, 7) is 2.00. The molecule has 1 aromatic heterocycles. The average Bonchev–Trinajstić information content (AvgIpc) is 2.14. The molecule has 1 rings (SSSR count). The van der Waals surface area contributed by atoms with Crippen LogP contribution < -0.4 is 0 Å². The lowest BCUT2D eigenvalue weighted by molar-refractivity contribution is 0.501. The zero-order valence-corrected chi connectivity index (χ0v) is 6.10. The highest BCUT2D eigenvalue weighted by Crippen LogP contribution is 2.07. The number of oxazole rings is 1. The molecule has 44 valence electrons. The number of halogens is 1. The Morgan fingerprint density at radius 1 is 1.88 bits per heavy atom. The average molecular weight is 176 g/mol. The number of hydrogen-bond donors (Lipinski definition) is 0. The Hall–Kier alpha value is -0.310. The minimum Gasteiger partial charge on any atom is -0.448 e. The third-order valence-electron chi connectivity index (χ3n) is 0.826. The highest BCUT2D eigenvalue weighted by molar-refractivity contribution is 9.10. The van der Waals surface area contributed by atoms with Crippen LogP contribution in [-0.2, 0) is 6.42 Å². The van der Waals surface area contributed by atoms with Gasteiger partial charge in [0.15, 0.2) is 5.89 Å². The Morgan fingerprint density at radius 3 is 2.88 bits per heavy atom. The van der Waals surface area contributed by atoms with Gasteiger partial charge in [0.2, 0.25) is 0 Å². The molecule has 0 saturated heterocycles. The van der Waals surface area contributed by atoms with E-state index in [2.05, 4.69) is 20.9 Å². The van der Waals surface area contributed by atoms with E-state index < -0.39 is 0 Å². The predicted octanol–water partition coefficient (Wildman–Crippen LogP) is 2.00. The van der Waals surface area contributed by atoms with Crippen molar-refractivity contribution in [2.45, 2.75) is 13.3 Å². The summed E-state index contributed by atoms with van der Waals surface area (Å²) in [6, 6.07) is 0. The first-order valence-corrected chi connectivity index (χ1v) is 3.22. The second kappa shape index (κ2) is 2.31. The van der Waals surface area contributed by atoms with Gasteiger partial charge in [0, 0.05) is 6.42 Å². The minimum absolute atomic E-state index is 0.773. The van der Waals surface area contributed by atoms with Crippen LogP contribution in [0.3, 0.4) is 0 Å². The molecule has 0 aromatic carbocycles. The predicted molar refractivity (Wildman–Crippen MR) is 33.6 cm³/mol. The van der Waals surface area contributed by atoms with Gasteiger partial charge in [-0.2, -0.15) is 0 Å². The van der Waals surface area contributed by atoms with Gasteiger partial charge < -0.3 is 4.42 Å². The van der Waals surface area contributed by atoms with E-state index in [1.54, 1.807) is 6.26 Å². The van der Waals surface area contributed by atoms with Crippen LogP contribution in [0.15, 0.2) is 15.3 Å². The summed E-state index contributed by atoms with van der Waals surface area (Å²) in [5, 5.41) is 0. The molecule has 0 aliphatic carbocycles. The number of rotatable bonds is 1. The number of nitrogens with zero attached hydrogens (tertiary/aromatic N) is 1. The monoisotopic (exact) mass is 175 g/mol. The van der Waals surface area contributed by atoms with Crippen LogP contribution in [0.4, 0.5) is 0 Å². The van der Waals surface area contributed by atoms with Crippen molar-refractivity contribution >= 4 is 15.9 Å². The molecule has 0 unspecified atom stereocenters. The van der Waals surface area contributed by atoms with Gasteiger partial charge in [-0.1, -0.05) is 6.92 Å². The minimum atomic E-state index is 0.773. The van der Waals surface area contributed by atoms with Gasteiger partial charge in [-0.15, -0.1) is 0 Å². The summed E-state index contributed by atoms with van der Waals surface area (Å²) in [4.78, 5) is 3.98. The summed E-state index contributed by atoms with van der Waals surface area (Å²) in [7, 11) is 0. The van der Waals surface area contributed by atoms with E-state index in [4.69, 9.17) is 4.42 Å². The maximum Gasteiger partial charge on any atom is 0.194 e. The molecule has 0 bridgehead atoms. The van der Waals surface area contributed by atoms with E-state index in [-0.39, 0.29) is 0 Å². The zero-order chi connectivity index (χ0) is 5.98. The fourth-order valence-corrected chi connectivity index (χ4v) is 0.742. The highest BCUT2D eigenvalue weighted by Gasteiger charge is 1.94. The molecule has 0 saturated carbocycles. The van der Waals surface area contributed by atoms with Gasteiger partial charge in [0.05, 0.1) is 0 Å². The molecule has 0 aliphatic rings. The second-order valence-electron chi connectivity index (χ2n) is 1.42. The molecule has 0 amide bonds. The summed E-state index contributed by atoms with van der Waals surface area (Å²) in [5.41, 5.74) is 0. The Kier molecular flexibility index (Phi) is 1.68. The third kappa shape index (κ3) is 1.10. The van der Waals surface area contributed by atoms with Gasteiger partial charge in [0.1, 0.15) is 10.9 Å². The fourth-order valence-electron chi connectivity index (χ4n) is 0.451. The van der Waals surface area contributed by atoms with Crippen LogP contribution in [0.5, 0.6) is 0 Å². The van der Waals surface area contributed by atoms with Crippen molar-refractivity contribution in [3.05, 3.63) is 16.8 Å². The van der Waals surface area contributed by atoms with Gasteiger partial charge in [-0.05, 0) is 15.9 Å². The zero-order valence-electron chi connectivity index (χ0n) is 4.52. The van der Waals surface area contributed by atoms with E-state index in [0.717, 1.165) is 16.9 Å². The summed E-state index contributed by atoms with van der Waals surface area (Å²) >= 11 is 3.17. The van der Waals surface area contributed by atoms with Crippen molar-refractivity contribution in [2.24, 2.45) is 0 Å². The first-order valence-electron chi connectivity index (χ1n) is 2.43. The van der Waals surface area contributed by atoms with Gasteiger partial charge >= 0.3 is 0 Å². The number of aromatic nitrogens is 1. The summed E-state index contributed by atoms with van der Waals surface area (Å²) < 4.78 is 5.73. The quantitative estimate of drug-likeness (QED) is 0.653. The Labute approximate surface area is 56.0 Å². The molecule has 0 fully saturated rings. The molecular formula is C5H6BrNO. The fraction of sp³-hybridized carbons (Fsp3) is 0.400. The normalized spacial score (nSPS) is 9.75. The number of hydrogen-bond acceptors (Lipinski definition) is 2. The van der Waals surface area contributed by atoms with Crippen molar-refractivity contribution in [1.82, 2.24) is 4.98 Å². The SMILES string of the molecule is CCc1nc(Br)co1. The Balaban J connectivity index is 2.84. The van der Waals surface area contributed by atoms with E-state index in [9.17, 15) is 0 Å². The van der Waals surface area contributed by atoms with Crippen LogP contribution in [-0.4, -0.2) is 4.98 Å². The molecule has 0 spiro atoms. The largest absolute Gasteiger partial charge is 0.448 e. The van der Waals surface area contributed by atoms with Crippen molar-refractivity contribution in [2.75, 3.05) is 0 Å². The first kappa shape index (κ1) is 5.82. The molecule has 0 radical (unpaired) electrons. The first-order chi connectivity index (χ1) is 3.83. The maximum absolute atomic E-state index is 4.96. The summed E-state index contributed by atoms with van der Waals surface area (Å²) in [6.07, 6.45) is 2.43. The molecule has 0 atom stereocenters. The van der Waals surface area contributed by atoms with E-state index in [0.29, 0.717) is 0 Å². The maximum atomic E-state index is 4.96. The van der Waals surface area contributed by atoms with Crippen LogP contribution >= 0.6 is 15.9 Å². The van der Waals surface area contributed by atoms with Gasteiger partial charge in [-0.25, -0.2) is 4.98 Å². The molecule has 0 N–H and O–H groups in total. The molecule has 2 nitrogen and oxygen atoms in total. The lowest BCUT2D eigenvalue weighted by atomic mass is 10.5. The number of aryl methyl sites for hydroxylation is 1.